The van der Waals surface area contributed by atoms with Gasteiger partial charge in [-0.3, -0.25) is 0 Å². The molecule has 1 N–H and O–H groups in total. The number of thiazole rings is 1. The van der Waals surface area contributed by atoms with Gasteiger partial charge >= 0.3 is 0 Å². The van der Waals surface area contributed by atoms with E-state index < -0.39 is 0 Å². The lowest BCUT2D eigenvalue weighted by Gasteiger charge is -2.05. The van der Waals surface area contributed by atoms with E-state index in [4.69, 9.17) is 0 Å². The molecule has 0 bridgehead atoms. The van der Waals surface area contributed by atoms with Gasteiger partial charge in [0.25, 0.3) is 0 Å². The molecule has 0 aliphatic carbocycles. The van der Waals surface area contributed by atoms with Gasteiger partial charge in [0.2, 0.25) is 0 Å². The first-order valence-electron chi connectivity index (χ1n) is 7.41. The fourth-order valence-electron chi connectivity index (χ4n) is 2.19. The molecule has 124 valence electrons. The summed E-state index contributed by atoms with van der Waals surface area (Å²) < 4.78 is 14.4. The predicted octanol–water partition coefficient (Wildman–Crippen LogP) is 6.00. The zero-order chi connectivity index (χ0) is 17.8. The number of rotatable bonds is 4. The molecule has 0 fully saturated rings. The maximum Gasteiger partial charge on any atom is 0.136 e. The van der Waals surface area contributed by atoms with Crippen molar-refractivity contribution >= 4 is 38.5 Å². The molecule has 1 aromatic heterocycles. The van der Waals surface area contributed by atoms with E-state index in [2.05, 4.69) is 32.3 Å². The SMILES string of the molecule is Cc1ccc(F)cc1NC=C(C#N)c1nc(-c2ccc(Br)cc2)cs1. The number of hydrogen-bond acceptors (Lipinski definition) is 4. The van der Waals surface area contributed by atoms with Crippen molar-refractivity contribution in [2.45, 2.75) is 6.92 Å². The summed E-state index contributed by atoms with van der Waals surface area (Å²) in [5, 5.41) is 14.9. The van der Waals surface area contributed by atoms with Crippen LogP contribution in [0.15, 0.2) is 58.5 Å². The Morgan fingerprint density at radius 2 is 2.04 bits per heavy atom. The van der Waals surface area contributed by atoms with Crippen LogP contribution in [0.4, 0.5) is 10.1 Å². The largest absolute Gasteiger partial charge is 0.360 e. The molecule has 2 aromatic carbocycles. The highest BCUT2D eigenvalue weighted by atomic mass is 79.9. The van der Waals surface area contributed by atoms with Gasteiger partial charge in [-0.2, -0.15) is 5.26 Å². The molecule has 0 unspecified atom stereocenters. The maximum atomic E-state index is 13.4. The molecular formula is C19H13BrFN3S. The van der Waals surface area contributed by atoms with Crippen LogP contribution in [0, 0.1) is 24.1 Å². The lowest BCUT2D eigenvalue weighted by Crippen LogP contribution is -1.94. The second-order valence-electron chi connectivity index (χ2n) is 5.32. The van der Waals surface area contributed by atoms with Crippen LogP contribution in [0.25, 0.3) is 16.8 Å². The van der Waals surface area contributed by atoms with E-state index in [0.717, 1.165) is 21.3 Å². The van der Waals surface area contributed by atoms with E-state index in [-0.39, 0.29) is 5.82 Å². The summed E-state index contributed by atoms with van der Waals surface area (Å²) in [6, 6.07) is 14.5. The quantitative estimate of drug-likeness (QED) is 0.533. The van der Waals surface area contributed by atoms with Crippen LogP contribution in [-0.2, 0) is 0 Å². The van der Waals surface area contributed by atoms with Gasteiger partial charge in [-0.1, -0.05) is 34.1 Å². The summed E-state index contributed by atoms with van der Waals surface area (Å²) in [6.07, 6.45) is 1.56. The third-order valence-corrected chi connectivity index (χ3v) is 4.97. The Morgan fingerprint density at radius 3 is 2.76 bits per heavy atom. The van der Waals surface area contributed by atoms with Crippen LogP contribution in [0.5, 0.6) is 0 Å². The topological polar surface area (TPSA) is 48.7 Å². The number of anilines is 1. The Morgan fingerprint density at radius 1 is 1.28 bits per heavy atom. The molecule has 0 atom stereocenters. The zero-order valence-electron chi connectivity index (χ0n) is 13.3. The van der Waals surface area contributed by atoms with Crippen molar-refractivity contribution in [3.8, 4) is 17.3 Å². The van der Waals surface area contributed by atoms with Crippen molar-refractivity contribution < 1.29 is 4.39 Å². The minimum Gasteiger partial charge on any atom is -0.360 e. The van der Waals surface area contributed by atoms with Crippen LogP contribution < -0.4 is 5.32 Å². The normalized spacial score (nSPS) is 11.2. The first-order chi connectivity index (χ1) is 12.1. The van der Waals surface area contributed by atoms with Crippen LogP contribution >= 0.6 is 27.3 Å². The minimum absolute atomic E-state index is 0.327. The van der Waals surface area contributed by atoms with Gasteiger partial charge in [0, 0.05) is 27.3 Å². The second kappa shape index (κ2) is 7.60. The standard InChI is InChI=1S/C19H13BrFN3S/c1-12-2-7-16(21)8-17(12)23-10-14(9-22)19-24-18(11-25-19)13-3-5-15(20)6-4-13/h2-8,10-11,23H,1H3. The smallest absolute Gasteiger partial charge is 0.136 e. The fourth-order valence-corrected chi connectivity index (χ4v) is 3.25. The molecule has 0 saturated carbocycles. The maximum absolute atomic E-state index is 13.4. The number of halogens is 2. The molecule has 0 spiro atoms. The summed E-state index contributed by atoms with van der Waals surface area (Å²) in [5.41, 5.74) is 3.71. The Labute approximate surface area is 157 Å². The van der Waals surface area contributed by atoms with Crippen LogP contribution in [-0.4, -0.2) is 4.98 Å². The molecule has 3 aromatic rings. The lowest BCUT2D eigenvalue weighted by atomic mass is 10.2. The molecule has 0 aliphatic rings. The minimum atomic E-state index is -0.327. The molecule has 0 radical (unpaired) electrons. The van der Waals surface area contributed by atoms with E-state index >= 15 is 0 Å². The number of hydrogen-bond donors (Lipinski definition) is 1. The lowest BCUT2D eigenvalue weighted by molar-refractivity contribution is 0.628. The third kappa shape index (κ3) is 4.13. The molecule has 3 nitrogen and oxygen atoms in total. The van der Waals surface area contributed by atoms with Crippen molar-refractivity contribution in [3.63, 3.8) is 0 Å². The number of aryl methyl sites for hydroxylation is 1. The summed E-state index contributed by atoms with van der Waals surface area (Å²) >= 11 is 4.80. The first-order valence-corrected chi connectivity index (χ1v) is 9.09. The summed E-state index contributed by atoms with van der Waals surface area (Å²) in [4.78, 5) is 4.53. The third-order valence-electron chi connectivity index (χ3n) is 3.57. The van der Waals surface area contributed by atoms with Crippen LogP contribution in [0.1, 0.15) is 10.6 Å². The Bertz CT molecular complexity index is 971. The Balaban J connectivity index is 1.85. The zero-order valence-corrected chi connectivity index (χ0v) is 15.7. The van der Waals surface area contributed by atoms with Crippen molar-refractivity contribution in [1.82, 2.24) is 4.98 Å². The number of nitriles is 1. The van der Waals surface area contributed by atoms with E-state index in [9.17, 15) is 9.65 Å². The summed E-state index contributed by atoms with van der Waals surface area (Å²) in [6.45, 7) is 1.87. The number of nitrogens with zero attached hydrogens (tertiary/aromatic N) is 2. The van der Waals surface area contributed by atoms with Gasteiger partial charge in [-0.25, -0.2) is 9.37 Å². The number of allylic oxidation sites excluding steroid dienone is 1. The Kier molecular flexibility index (Phi) is 5.27. The van der Waals surface area contributed by atoms with Gasteiger partial charge in [-0.15, -0.1) is 11.3 Å². The highest BCUT2D eigenvalue weighted by Gasteiger charge is 2.09. The van der Waals surface area contributed by atoms with Crippen molar-refractivity contribution in [2.75, 3.05) is 5.32 Å². The monoisotopic (exact) mass is 413 g/mol. The highest BCUT2D eigenvalue weighted by Crippen LogP contribution is 2.27. The highest BCUT2D eigenvalue weighted by molar-refractivity contribution is 9.10. The molecule has 0 aliphatic heterocycles. The van der Waals surface area contributed by atoms with Gasteiger partial charge < -0.3 is 5.32 Å². The molecule has 3 rings (SSSR count). The second-order valence-corrected chi connectivity index (χ2v) is 7.09. The van der Waals surface area contributed by atoms with Gasteiger partial charge in [0.05, 0.1) is 5.69 Å². The van der Waals surface area contributed by atoms with E-state index in [1.165, 1.54) is 23.5 Å². The van der Waals surface area contributed by atoms with Crippen molar-refractivity contribution in [1.29, 1.82) is 5.26 Å². The molecule has 25 heavy (non-hydrogen) atoms. The van der Waals surface area contributed by atoms with Gasteiger partial charge in [-0.05, 0) is 36.8 Å². The van der Waals surface area contributed by atoms with E-state index in [0.29, 0.717) is 16.3 Å². The summed E-state index contributed by atoms with van der Waals surface area (Å²) in [7, 11) is 0. The van der Waals surface area contributed by atoms with Gasteiger partial charge in [0.1, 0.15) is 22.5 Å². The average Bonchev–Trinajstić information content (AvgIpc) is 3.09. The fraction of sp³-hybridized carbons (Fsp3) is 0.0526. The molecular weight excluding hydrogens is 401 g/mol. The summed E-state index contributed by atoms with van der Waals surface area (Å²) in [5.74, 6) is -0.327. The number of nitrogens with one attached hydrogen (secondary N) is 1. The van der Waals surface area contributed by atoms with Crippen LogP contribution in [0.3, 0.4) is 0 Å². The van der Waals surface area contributed by atoms with E-state index in [1.807, 2.05) is 36.6 Å². The molecule has 6 heteroatoms. The molecule has 0 saturated heterocycles. The van der Waals surface area contributed by atoms with Crippen molar-refractivity contribution in [2.24, 2.45) is 0 Å². The first kappa shape index (κ1) is 17.3. The van der Waals surface area contributed by atoms with Crippen LogP contribution in [0.2, 0.25) is 0 Å². The molecule has 0 amide bonds. The Hall–Kier alpha value is -2.49. The van der Waals surface area contributed by atoms with Gasteiger partial charge in [0.15, 0.2) is 0 Å². The number of aromatic nitrogens is 1. The number of benzene rings is 2. The average molecular weight is 414 g/mol. The van der Waals surface area contributed by atoms with E-state index in [1.54, 1.807) is 12.3 Å². The van der Waals surface area contributed by atoms with Crippen molar-refractivity contribution in [3.05, 3.63) is 74.9 Å². The predicted molar refractivity (Wildman–Crippen MR) is 104 cm³/mol. The molecule has 1 heterocycles.